The van der Waals surface area contributed by atoms with Crippen molar-refractivity contribution < 1.29 is 4.79 Å². The number of nitrogens with zero attached hydrogens (tertiary/aromatic N) is 4. The Morgan fingerprint density at radius 1 is 1.03 bits per heavy atom. The number of amides is 1. The third kappa shape index (κ3) is 4.08. The van der Waals surface area contributed by atoms with E-state index < -0.39 is 0 Å². The minimum Gasteiger partial charge on any atom is -0.322 e. The lowest BCUT2D eigenvalue weighted by Gasteiger charge is -2.08. The highest BCUT2D eigenvalue weighted by Crippen LogP contribution is 2.24. The highest BCUT2D eigenvalue weighted by Gasteiger charge is 2.09. The maximum atomic E-state index is 12.7. The summed E-state index contributed by atoms with van der Waals surface area (Å²) in [5.41, 5.74) is 6.15. The molecule has 0 radical (unpaired) electrons. The van der Waals surface area contributed by atoms with Crippen LogP contribution in [0.1, 0.15) is 20.9 Å². The van der Waals surface area contributed by atoms with Gasteiger partial charge in [-0.3, -0.25) is 4.79 Å². The Balaban J connectivity index is 1.29. The third-order valence-electron chi connectivity index (χ3n) is 5.00. The first-order valence-corrected chi connectivity index (χ1v) is 10.7. The number of carbonyl (C=O) groups excluding carboxylic acids is 1. The molecule has 0 aliphatic carbocycles. The van der Waals surface area contributed by atoms with Gasteiger partial charge in [-0.2, -0.15) is 0 Å². The third-order valence-corrected chi connectivity index (χ3v) is 5.78. The Kier molecular flexibility index (Phi) is 5.01. The van der Waals surface area contributed by atoms with Gasteiger partial charge in [0.2, 0.25) is 0 Å². The molecule has 0 saturated heterocycles. The number of aromatic nitrogens is 4. The van der Waals surface area contributed by atoms with Crippen molar-refractivity contribution in [2.75, 3.05) is 5.32 Å². The van der Waals surface area contributed by atoms with Gasteiger partial charge in [-0.1, -0.05) is 41.6 Å². The Morgan fingerprint density at radius 3 is 2.68 bits per heavy atom. The second kappa shape index (κ2) is 8.12. The summed E-state index contributed by atoms with van der Waals surface area (Å²) in [5.74, 6) is -0.149. The van der Waals surface area contributed by atoms with Gasteiger partial charge in [0.05, 0.1) is 22.8 Å². The van der Waals surface area contributed by atoms with Gasteiger partial charge < -0.3 is 5.32 Å². The number of aryl methyl sites for hydroxylation is 1. The van der Waals surface area contributed by atoms with Gasteiger partial charge in [-0.25, -0.2) is 9.67 Å². The molecule has 0 aliphatic heterocycles. The molecule has 7 heteroatoms. The minimum absolute atomic E-state index is 0.149. The van der Waals surface area contributed by atoms with Crippen LogP contribution in [-0.4, -0.2) is 25.9 Å². The predicted octanol–water partition coefficient (Wildman–Crippen LogP) is 5.16. The van der Waals surface area contributed by atoms with E-state index in [-0.39, 0.29) is 5.91 Å². The van der Waals surface area contributed by atoms with E-state index in [9.17, 15) is 4.79 Å². The van der Waals surface area contributed by atoms with E-state index in [2.05, 4.69) is 20.6 Å². The van der Waals surface area contributed by atoms with E-state index in [0.717, 1.165) is 38.5 Å². The van der Waals surface area contributed by atoms with Crippen LogP contribution in [0.3, 0.4) is 0 Å². The zero-order valence-corrected chi connectivity index (χ0v) is 17.6. The average Bonchev–Trinajstić information content (AvgIpc) is 3.41. The van der Waals surface area contributed by atoms with Gasteiger partial charge in [0, 0.05) is 22.2 Å². The Bertz CT molecular complexity index is 1370. The molecule has 152 valence electrons. The minimum atomic E-state index is -0.149. The van der Waals surface area contributed by atoms with Crippen molar-refractivity contribution in [2.24, 2.45) is 0 Å². The lowest BCUT2D eigenvalue weighted by atomic mass is 10.1. The number of hydrogen-bond donors (Lipinski definition) is 1. The van der Waals surface area contributed by atoms with Crippen LogP contribution in [0.15, 0.2) is 78.2 Å². The average molecular weight is 426 g/mol. The number of hydrogen-bond acceptors (Lipinski definition) is 5. The quantitative estimate of drug-likeness (QED) is 0.422. The first-order chi connectivity index (χ1) is 15.2. The largest absolute Gasteiger partial charge is 0.322 e. The number of para-hydroxylation sites is 1. The number of nitrogens with one attached hydrogen (secondary N) is 1. The maximum absolute atomic E-state index is 12.7. The molecule has 1 N–H and O–H groups in total. The van der Waals surface area contributed by atoms with Gasteiger partial charge in [0.25, 0.3) is 5.91 Å². The molecule has 0 fully saturated rings. The Hall–Kier alpha value is -3.84. The molecule has 0 atom stereocenters. The number of fused-ring (bicyclic) bond motifs is 1. The predicted molar refractivity (Wildman–Crippen MR) is 123 cm³/mol. The molecule has 6 nitrogen and oxygen atoms in total. The molecule has 2 heterocycles. The van der Waals surface area contributed by atoms with Crippen LogP contribution >= 0.6 is 11.3 Å². The second-order valence-corrected chi connectivity index (χ2v) is 8.28. The zero-order valence-electron chi connectivity index (χ0n) is 16.8. The highest BCUT2D eigenvalue weighted by atomic mass is 32.1. The number of thiazole rings is 1. The van der Waals surface area contributed by atoms with Crippen molar-refractivity contribution in [3.05, 3.63) is 94.3 Å². The van der Waals surface area contributed by atoms with E-state index >= 15 is 0 Å². The molecular formula is C24H19N5OS. The van der Waals surface area contributed by atoms with Crippen molar-refractivity contribution in [2.45, 2.75) is 13.5 Å². The van der Waals surface area contributed by atoms with Crippen molar-refractivity contribution >= 4 is 34.0 Å². The summed E-state index contributed by atoms with van der Waals surface area (Å²) in [7, 11) is 0. The molecule has 1 amide bonds. The number of anilines is 1. The summed E-state index contributed by atoms with van der Waals surface area (Å²) in [5, 5.41) is 14.4. The van der Waals surface area contributed by atoms with Crippen molar-refractivity contribution in [3.63, 3.8) is 0 Å². The van der Waals surface area contributed by atoms with Crippen molar-refractivity contribution in [3.8, 4) is 11.3 Å². The van der Waals surface area contributed by atoms with Gasteiger partial charge >= 0.3 is 0 Å². The van der Waals surface area contributed by atoms with Crippen LogP contribution in [0.4, 0.5) is 5.69 Å². The molecule has 31 heavy (non-hydrogen) atoms. The molecule has 0 spiro atoms. The molecule has 3 aromatic carbocycles. The smallest absolute Gasteiger partial charge is 0.255 e. The van der Waals surface area contributed by atoms with E-state index in [1.54, 1.807) is 11.3 Å². The summed E-state index contributed by atoms with van der Waals surface area (Å²) in [6.45, 7) is 2.58. The van der Waals surface area contributed by atoms with E-state index in [1.807, 2.05) is 89.8 Å². The number of rotatable bonds is 5. The van der Waals surface area contributed by atoms with Crippen LogP contribution < -0.4 is 5.32 Å². The second-order valence-electron chi connectivity index (χ2n) is 7.22. The summed E-state index contributed by atoms with van der Waals surface area (Å²) >= 11 is 1.61. The molecule has 0 saturated carbocycles. The summed E-state index contributed by atoms with van der Waals surface area (Å²) in [6.07, 6.45) is 0. The molecule has 2 aromatic heterocycles. The Morgan fingerprint density at radius 2 is 1.87 bits per heavy atom. The zero-order chi connectivity index (χ0) is 21.2. The normalized spacial score (nSPS) is 11.0. The van der Waals surface area contributed by atoms with Crippen molar-refractivity contribution in [1.82, 2.24) is 20.0 Å². The standard InChI is InChI=1S/C24H19N5OS/c1-16-25-22(15-31-16)19-5-4-6-20(13-19)26-24(30)18-11-9-17(10-12-18)14-29-23-8-3-2-7-21(23)27-28-29/h2-13,15H,14H2,1H3,(H,26,30). The van der Waals surface area contributed by atoms with Crippen LogP contribution in [0.5, 0.6) is 0 Å². The molecule has 0 unspecified atom stereocenters. The van der Waals surface area contributed by atoms with Gasteiger partial charge in [0.15, 0.2) is 0 Å². The van der Waals surface area contributed by atoms with Crippen LogP contribution in [0, 0.1) is 6.92 Å². The lowest BCUT2D eigenvalue weighted by Crippen LogP contribution is -2.12. The molecule has 0 bridgehead atoms. The van der Waals surface area contributed by atoms with Gasteiger partial charge in [0.1, 0.15) is 5.52 Å². The summed E-state index contributed by atoms with van der Waals surface area (Å²) in [4.78, 5) is 17.2. The first kappa shape index (κ1) is 19.1. The van der Waals surface area contributed by atoms with Gasteiger partial charge in [-0.05, 0) is 48.9 Å². The summed E-state index contributed by atoms with van der Waals surface area (Å²) in [6, 6.07) is 23.1. The summed E-state index contributed by atoms with van der Waals surface area (Å²) < 4.78 is 1.86. The van der Waals surface area contributed by atoms with Crippen molar-refractivity contribution in [1.29, 1.82) is 0 Å². The van der Waals surface area contributed by atoms with E-state index in [1.165, 1.54) is 0 Å². The fourth-order valence-corrected chi connectivity index (χ4v) is 4.05. The maximum Gasteiger partial charge on any atom is 0.255 e. The van der Waals surface area contributed by atoms with Crippen LogP contribution in [0.2, 0.25) is 0 Å². The highest BCUT2D eigenvalue weighted by molar-refractivity contribution is 7.09. The number of benzene rings is 3. The van der Waals surface area contributed by atoms with Gasteiger partial charge in [-0.15, -0.1) is 16.4 Å². The fraction of sp³-hybridized carbons (Fsp3) is 0.0833. The van der Waals surface area contributed by atoms with E-state index in [4.69, 9.17) is 0 Å². The fourth-order valence-electron chi connectivity index (χ4n) is 3.42. The molecule has 5 rings (SSSR count). The molecule has 0 aliphatic rings. The number of carbonyl (C=O) groups is 1. The van der Waals surface area contributed by atoms with E-state index in [0.29, 0.717) is 12.1 Å². The molecule has 5 aromatic rings. The topological polar surface area (TPSA) is 72.7 Å². The Labute approximate surface area is 183 Å². The van der Waals surface area contributed by atoms with Crippen LogP contribution in [-0.2, 0) is 6.54 Å². The molecular weight excluding hydrogens is 406 g/mol. The first-order valence-electron chi connectivity index (χ1n) is 9.87. The lowest BCUT2D eigenvalue weighted by molar-refractivity contribution is 0.102. The monoisotopic (exact) mass is 425 g/mol. The van der Waals surface area contributed by atoms with Crippen LogP contribution in [0.25, 0.3) is 22.3 Å². The SMILES string of the molecule is Cc1nc(-c2cccc(NC(=O)c3ccc(Cn4nnc5ccccc54)cc3)c2)cs1.